The molecule has 0 spiro atoms. The molecule has 7 heteroatoms. The van der Waals surface area contributed by atoms with Crippen molar-refractivity contribution >= 4 is 21.6 Å². The molecular weight excluding hydrogens is 350 g/mol. The molecule has 0 aromatic heterocycles. The van der Waals surface area contributed by atoms with Crippen molar-refractivity contribution in [3.63, 3.8) is 0 Å². The van der Waals surface area contributed by atoms with Gasteiger partial charge >= 0.3 is 0 Å². The lowest BCUT2D eigenvalue weighted by atomic mass is 9.99. The molecule has 0 atom stereocenters. The zero-order chi connectivity index (χ0) is 18.4. The molecule has 1 saturated carbocycles. The maximum atomic E-state index is 12.7. The van der Waals surface area contributed by atoms with Gasteiger partial charge in [0.15, 0.2) is 0 Å². The number of hydrogen-bond acceptors (Lipinski definition) is 4. The molecule has 1 heterocycles. The zero-order valence-corrected chi connectivity index (χ0v) is 15.9. The van der Waals surface area contributed by atoms with Crippen molar-refractivity contribution in [1.82, 2.24) is 9.73 Å². The average Bonchev–Trinajstić information content (AvgIpc) is 3.16. The largest absolute Gasteiger partial charge is 0.271 e. The Morgan fingerprint density at radius 2 is 1.62 bits per heavy atom. The average molecular weight is 378 g/mol. The van der Waals surface area contributed by atoms with Gasteiger partial charge in [0.25, 0.3) is 5.91 Å². The fraction of sp³-hybridized carbons (Fsp3) is 0.579. The lowest BCUT2D eigenvalue weighted by Gasteiger charge is -2.16. The minimum atomic E-state index is -3.52. The van der Waals surface area contributed by atoms with Gasteiger partial charge < -0.3 is 0 Å². The number of nitrogens with zero attached hydrogens (tertiary/aromatic N) is 2. The van der Waals surface area contributed by atoms with Gasteiger partial charge in [0.2, 0.25) is 10.0 Å². The first-order valence-electron chi connectivity index (χ1n) is 9.53. The first-order chi connectivity index (χ1) is 12.6. The Balaban J connectivity index is 1.70. The molecule has 26 heavy (non-hydrogen) atoms. The molecule has 2 aliphatic rings. The Labute approximate surface area is 155 Å². The molecule has 3 rings (SSSR count). The van der Waals surface area contributed by atoms with E-state index in [1.807, 2.05) is 0 Å². The van der Waals surface area contributed by atoms with Gasteiger partial charge in [-0.3, -0.25) is 4.79 Å². The summed E-state index contributed by atoms with van der Waals surface area (Å²) < 4.78 is 26.8. The number of sulfonamides is 1. The van der Waals surface area contributed by atoms with E-state index in [1.165, 1.54) is 29.6 Å². The standard InChI is InChI=1S/C19H27N3O3S/c23-19(21-20-17-10-4-2-1-3-5-11-17)16-9-8-12-18(15-16)26(24,25)22-13-6-7-14-22/h8-9,12,15H,1-7,10-11,13-14H2,(H,21,23). The Hall–Kier alpha value is -1.73. The third kappa shape index (κ3) is 4.71. The Kier molecular flexibility index (Phi) is 6.43. The maximum absolute atomic E-state index is 12.7. The number of carbonyl (C=O) groups excluding carboxylic acids is 1. The highest BCUT2D eigenvalue weighted by atomic mass is 32.2. The van der Waals surface area contributed by atoms with E-state index in [-0.39, 0.29) is 10.8 Å². The van der Waals surface area contributed by atoms with Gasteiger partial charge in [-0.25, -0.2) is 13.8 Å². The van der Waals surface area contributed by atoms with Crippen LogP contribution in [0.3, 0.4) is 0 Å². The van der Waals surface area contributed by atoms with E-state index < -0.39 is 10.0 Å². The van der Waals surface area contributed by atoms with E-state index in [2.05, 4.69) is 10.5 Å². The number of rotatable bonds is 4. The van der Waals surface area contributed by atoms with Crippen molar-refractivity contribution in [2.75, 3.05) is 13.1 Å². The molecule has 1 amide bonds. The Morgan fingerprint density at radius 3 is 2.31 bits per heavy atom. The van der Waals surface area contributed by atoms with Gasteiger partial charge in [-0.05, 0) is 56.7 Å². The van der Waals surface area contributed by atoms with Gasteiger partial charge in [-0.15, -0.1) is 0 Å². The van der Waals surface area contributed by atoms with Crippen LogP contribution in [-0.2, 0) is 10.0 Å². The minimum Gasteiger partial charge on any atom is -0.267 e. The summed E-state index contributed by atoms with van der Waals surface area (Å²) in [5, 5.41) is 4.29. The number of carbonyl (C=O) groups is 1. The van der Waals surface area contributed by atoms with Crippen LogP contribution in [0.1, 0.15) is 68.1 Å². The summed E-state index contributed by atoms with van der Waals surface area (Å²) in [5.41, 5.74) is 3.95. The summed E-state index contributed by atoms with van der Waals surface area (Å²) in [6.45, 7) is 1.10. The monoisotopic (exact) mass is 377 g/mol. The highest BCUT2D eigenvalue weighted by Crippen LogP contribution is 2.21. The molecule has 1 aromatic rings. The third-order valence-corrected chi connectivity index (χ3v) is 6.94. The summed E-state index contributed by atoms with van der Waals surface area (Å²) in [7, 11) is -3.52. The van der Waals surface area contributed by atoms with E-state index in [0.717, 1.165) is 44.2 Å². The van der Waals surface area contributed by atoms with Crippen LogP contribution in [0.15, 0.2) is 34.3 Å². The zero-order valence-electron chi connectivity index (χ0n) is 15.1. The van der Waals surface area contributed by atoms with Crippen LogP contribution in [0.2, 0.25) is 0 Å². The summed E-state index contributed by atoms with van der Waals surface area (Å²) in [6, 6.07) is 6.23. The third-order valence-electron chi connectivity index (χ3n) is 5.05. The van der Waals surface area contributed by atoms with Crippen LogP contribution in [0.5, 0.6) is 0 Å². The van der Waals surface area contributed by atoms with E-state index in [1.54, 1.807) is 18.2 Å². The van der Waals surface area contributed by atoms with Gasteiger partial charge in [0.05, 0.1) is 4.90 Å². The molecule has 1 aliphatic carbocycles. The van der Waals surface area contributed by atoms with Gasteiger partial charge in [0, 0.05) is 24.4 Å². The summed E-state index contributed by atoms with van der Waals surface area (Å²) in [6.07, 6.45) is 9.53. The van der Waals surface area contributed by atoms with E-state index >= 15 is 0 Å². The predicted octanol–water partition coefficient (Wildman–Crippen LogP) is 3.30. The van der Waals surface area contributed by atoms with Crippen LogP contribution >= 0.6 is 0 Å². The molecule has 0 unspecified atom stereocenters. The van der Waals surface area contributed by atoms with Crippen molar-refractivity contribution in [2.24, 2.45) is 5.10 Å². The highest BCUT2D eigenvalue weighted by Gasteiger charge is 2.27. The molecular formula is C19H27N3O3S. The second kappa shape index (κ2) is 8.77. The molecule has 2 fully saturated rings. The number of nitrogens with one attached hydrogen (secondary N) is 1. The molecule has 1 aromatic carbocycles. The van der Waals surface area contributed by atoms with Gasteiger partial charge in [0.1, 0.15) is 0 Å². The van der Waals surface area contributed by atoms with Crippen LogP contribution in [0, 0.1) is 0 Å². The molecule has 1 saturated heterocycles. The smallest absolute Gasteiger partial charge is 0.267 e. The molecule has 0 radical (unpaired) electrons. The summed E-state index contributed by atoms with van der Waals surface area (Å²) in [4.78, 5) is 12.6. The predicted molar refractivity (Wildman–Crippen MR) is 102 cm³/mol. The van der Waals surface area contributed by atoms with Crippen LogP contribution in [0.25, 0.3) is 0 Å². The van der Waals surface area contributed by atoms with E-state index in [4.69, 9.17) is 0 Å². The lowest BCUT2D eigenvalue weighted by Crippen LogP contribution is -2.28. The minimum absolute atomic E-state index is 0.172. The Bertz CT molecular complexity index is 758. The molecule has 6 nitrogen and oxygen atoms in total. The van der Waals surface area contributed by atoms with Crippen molar-refractivity contribution in [3.8, 4) is 0 Å². The Morgan fingerprint density at radius 1 is 0.962 bits per heavy atom. The van der Waals surface area contributed by atoms with E-state index in [0.29, 0.717) is 18.7 Å². The highest BCUT2D eigenvalue weighted by molar-refractivity contribution is 7.89. The fourth-order valence-corrected chi connectivity index (χ4v) is 5.06. The second-order valence-electron chi connectivity index (χ2n) is 7.03. The number of hydrogen-bond donors (Lipinski definition) is 1. The SMILES string of the molecule is O=C(NN=C1CCCCCCC1)c1cccc(S(=O)(=O)N2CCCC2)c1. The van der Waals surface area contributed by atoms with Crippen molar-refractivity contribution in [3.05, 3.63) is 29.8 Å². The normalized spacial score (nSPS) is 19.6. The second-order valence-corrected chi connectivity index (χ2v) is 8.96. The summed E-state index contributed by atoms with van der Waals surface area (Å²) in [5.74, 6) is -0.363. The topological polar surface area (TPSA) is 78.8 Å². The molecule has 142 valence electrons. The van der Waals surface area contributed by atoms with Crippen molar-refractivity contribution in [1.29, 1.82) is 0 Å². The first-order valence-corrected chi connectivity index (χ1v) is 11.0. The van der Waals surface area contributed by atoms with Crippen molar-refractivity contribution < 1.29 is 13.2 Å². The van der Waals surface area contributed by atoms with Gasteiger partial charge in [-0.2, -0.15) is 9.41 Å². The molecule has 0 bridgehead atoms. The molecule has 1 N–H and O–H groups in total. The number of amides is 1. The van der Waals surface area contributed by atoms with Crippen molar-refractivity contribution in [2.45, 2.75) is 62.7 Å². The number of hydrazone groups is 1. The number of benzene rings is 1. The maximum Gasteiger partial charge on any atom is 0.271 e. The first kappa shape index (κ1) is 19.0. The summed E-state index contributed by atoms with van der Waals surface area (Å²) >= 11 is 0. The lowest BCUT2D eigenvalue weighted by molar-refractivity contribution is 0.0954. The fourth-order valence-electron chi connectivity index (χ4n) is 3.49. The molecule has 1 aliphatic heterocycles. The van der Waals surface area contributed by atoms with E-state index in [9.17, 15) is 13.2 Å². The van der Waals surface area contributed by atoms with Crippen LogP contribution in [-0.4, -0.2) is 37.4 Å². The van der Waals surface area contributed by atoms with Gasteiger partial charge in [-0.1, -0.05) is 25.3 Å². The van der Waals surface area contributed by atoms with Crippen LogP contribution < -0.4 is 5.43 Å². The van der Waals surface area contributed by atoms with Crippen LogP contribution in [0.4, 0.5) is 0 Å². The quantitative estimate of drug-likeness (QED) is 0.818.